The molecule has 0 aliphatic heterocycles. The van der Waals surface area contributed by atoms with Gasteiger partial charge in [-0.05, 0) is 38.9 Å². The van der Waals surface area contributed by atoms with Crippen molar-refractivity contribution < 1.29 is 14.0 Å². The van der Waals surface area contributed by atoms with Crippen molar-refractivity contribution in [3.05, 3.63) is 12.7 Å². The van der Waals surface area contributed by atoms with E-state index in [9.17, 15) is 4.79 Å². The predicted molar refractivity (Wildman–Crippen MR) is 68.9 cm³/mol. The molecule has 0 bridgehead atoms. The average Bonchev–Trinajstić information content (AvgIpc) is 2.24. The molecule has 0 heterocycles. The van der Waals surface area contributed by atoms with Crippen LogP contribution in [0.1, 0.15) is 26.2 Å². The van der Waals surface area contributed by atoms with Gasteiger partial charge in [-0.25, -0.2) is 4.79 Å². The highest BCUT2D eigenvalue weighted by Gasteiger charge is 2.19. The van der Waals surface area contributed by atoms with Crippen LogP contribution < -0.4 is 0 Å². The molecule has 0 aromatic rings. The summed E-state index contributed by atoms with van der Waals surface area (Å²) in [5, 5.41) is 0. The Morgan fingerprint density at radius 2 is 2.06 bits per heavy atom. The second-order valence-electron chi connectivity index (χ2n) is 4.66. The third kappa shape index (κ3) is 7.65. The molecule has 4 heteroatoms. The van der Waals surface area contributed by atoms with Gasteiger partial charge in [-0.2, -0.15) is 0 Å². The van der Waals surface area contributed by atoms with Gasteiger partial charge in [-0.15, -0.1) is 0 Å². The third-order valence-electron chi connectivity index (χ3n) is 2.68. The first-order valence-electron chi connectivity index (χ1n) is 5.79. The molecule has 0 aromatic carbocycles. The number of hydrogen-bond donors (Lipinski definition) is 0. The summed E-state index contributed by atoms with van der Waals surface area (Å²) in [6.45, 7) is 9.72. The molecule has 0 spiro atoms. The Kier molecular flexibility index (Phi) is 7.33. The number of esters is 1. The maximum absolute atomic E-state index is 10.9. The first-order valence-corrected chi connectivity index (χ1v) is 8.91. The number of carbonyl (C=O) groups is 1. The second-order valence-corrected chi connectivity index (χ2v) is 9.09. The van der Waals surface area contributed by atoms with E-state index in [0.717, 1.165) is 25.3 Å². The summed E-state index contributed by atoms with van der Waals surface area (Å²) in [5.74, 6) is -0.334. The van der Waals surface area contributed by atoms with Crippen LogP contribution in [0.3, 0.4) is 0 Å². The summed E-state index contributed by atoms with van der Waals surface area (Å²) in [6.07, 6.45) is 4.32. The third-order valence-corrected chi connectivity index (χ3v) is 5.34. The van der Waals surface area contributed by atoms with E-state index in [1.807, 2.05) is 6.92 Å². The van der Waals surface area contributed by atoms with Crippen molar-refractivity contribution in [3.63, 3.8) is 0 Å². The van der Waals surface area contributed by atoms with Crippen molar-refractivity contribution in [2.45, 2.75) is 51.4 Å². The number of unbranched alkanes of at least 4 members (excludes halogenated alkanes) is 1. The summed E-state index contributed by atoms with van der Waals surface area (Å²) in [7, 11) is 0.380. The van der Waals surface area contributed by atoms with Crippen LogP contribution in [0, 0.1) is 0 Å². The van der Waals surface area contributed by atoms with E-state index in [4.69, 9.17) is 9.16 Å². The van der Waals surface area contributed by atoms with Gasteiger partial charge in [0.1, 0.15) is 0 Å². The van der Waals surface area contributed by atoms with Crippen LogP contribution in [0.2, 0.25) is 19.1 Å². The van der Waals surface area contributed by atoms with Crippen molar-refractivity contribution in [1.82, 2.24) is 0 Å². The Hall–Kier alpha value is -0.613. The van der Waals surface area contributed by atoms with E-state index in [1.165, 1.54) is 6.08 Å². The zero-order valence-electron chi connectivity index (χ0n) is 10.9. The van der Waals surface area contributed by atoms with Crippen LogP contribution in [0.25, 0.3) is 0 Å². The maximum Gasteiger partial charge on any atom is 0.330 e. The number of hydrogen-bond acceptors (Lipinski definition) is 3. The Morgan fingerprint density at radius 3 is 2.56 bits per heavy atom. The normalized spacial score (nSPS) is 13.2. The molecule has 0 radical (unpaired) electrons. The van der Waals surface area contributed by atoms with Crippen molar-refractivity contribution in [2.75, 3.05) is 7.11 Å². The first-order chi connectivity index (χ1) is 7.41. The molecule has 0 amide bonds. The molecule has 0 aliphatic carbocycles. The van der Waals surface area contributed by atoms with Gasteiger partial charge in [-0.3, -0.25) is 0 Å². The van der Waals surface area contributed by atoms with Gasteiger partial charge < -0.3 is 9.16 Å². The molecule has 0 aromatic heterocycles. The first kappa shape index (κ1) is 15.4. The lowest BCUT2D eigenvalue weighted by molar-refractivity contribution is -0.142. The van der Waals surface area contributed by atoms with Gasteiger partial charge in [-0.1, -0.05) is 13.0 Å². The minimum Gasteiger partial charge on any atom is -0.460 e. The molecule has 0 aliphatic rings. The molecule has 0 saturated heterocycles. The molecule has 1 atom stereocenters. The fourth-order valence-corrected chi connectivity index (χ4v) is 2.70. The van der Waals surface area contributed by atoms with Crippen LogP contribution in [-0.2, 0) is 14.0 Å². The molecule has 94 valence electrons. The average molecular weight is 244 g/mol. The predicted octanol–water partition coefficient (Wildman–Crippen LogP) is 3.13. The zero-order valence-corrected chi connectivity index (χ0v) is 11.9. The van der Waals surface area contributed by atoms with Crippen LogP contribution in [-0.4, -0.2) is 27.5 Å². The highest BCUT2D eigenvalue weighted by molar-refractivity contribution is 6.71. The Bertz CT molecular complexity index is 226. The van der Waals surface area contributed by atoms with Gasteiger partial charge >= 0.3 is 5.97 Å². The highest BCUT2D eigenvalue weighted by atomic mass is 28.4. The fourth-order valence-electron chi connectivity index (χ4n) is 1.39. The molecular weight excluding hydrogens is 220 g/mol. The number of ether oxygens (including phenoxy) is 1. The van der Waals surface area contributed by atoms with E-state index < -0.39 is 8.32 Å². The van der Waals surface area contributed by atoms with Crippen molar-refractivity contribution >= 4 is 14.3 Å². The van der Waals surface area contributed by atoms with Crippen LogP contribution in [0.15, 0.2) is 12.7 Å². The minimum absolute atomic E-state index is 0.0159. The molecule has 0 N–H and O–H groups in total. The van der Waals surface area contributed by atoms with Gasteiger partial charge in [0.15, 0.2) is 8.32 Å². The molecule has 1 unspecified atom stereocenters. The number of carbonyl (C=O) groups excluding carboxylic acids is 1. The Balaban J connectivity index is 3.59. The topological polar surface area (TPSA) is 35.5 Å². The Labute approximate surface area is 100.0 Å². The fraction of sp³-hybridized carbons (Fsp3) is 0.750. The quantitative estimate of drug-likeness (QED) is 0.285. The van der Waals surface area contributed by atoms with Crippen LogP contribution >= 0.6 is 0 Å². The summed E-state index contributed by atoms with van der Waals surface area (Å²) >= 11 is 0. The van der Waals surface area contributed by atoms with Gasteiger partial charge in [0, 0.05) is 13.2 Å². The van der Waals surface area contributed by atoms with E-state index in [2.05, 4.69) is 19.7 Å². The molecule has 3 nitrogen and oxygen atoms in total. The summed E-state index contributed by atoms with van der Waals surface area (Å²) in [5.41, 5.74) is 0. The van der Waals surface area contributed by atoms with Gasteiger partial charge in [0.2, 0.25) is 0 Å². The molecule has 16 heavy (non-hydrogen) atoms. The monoisotopic (exact) mass is 244 g/mol. The van der Waals surface area contributed by atoms with Crippen molar-refractivity contribution in [1.29, 1.82) is 0 Å². The maximum atomic E-state index is 10.9. The van der Waals surface area contributed by atoms with E-state index in [1.54, 1.807) is 7.11 Å². The summed E-state index contributed by atoms with van der Waals surface area (Å²) < 4.78 is 10.5. The van der Waals surface area contributed by atoms with Crippen molar-refractivity contribution in [3.8, 4) is 0 Å². The Morgan fingerprint density at radius 1 is 1.44 bits per heavy atom. The van der Waals surface area contributed by atoms with Gasteiger partial charge in [0.25, 0.3) is 0 Å². The lowest BCUT2D eigenvalue weighted by Crippen LogP contribution is -2.28. The lowest BCUT2D eigenvalue weighted by atomic mass is 10.2. The summed E-state index contributed by atoms with van der Waals surface area (Å²) in [4.78, 5) is 10.9. The highest BCUT2D eigenvalue weighted by Crippen LogP contribution is 2.16. The second kappa shape index (κ2) is 7.63. The largest absolute Gasteiger partial charge is 0.460 e. The zero-order chi connectivity index (χ0) is 12.6. The lowest BCUT2D eigenvalue weighted by Gasteiger charge is -2.20. The smallest absolute Gasteiger partial charge is 0.330 e. The minimum atomic E-state index is -1.41. The van der Waals surface area contributed by atoms with Gasteiger partial charge in [0.05, 0.1) is 6.10 Å². The van der Waals surface area contributed by atoms with E-state index >= 15 is 0 Å². The molecular formula is C12H24O3Si. The van der Waals surface area contributed by atoms with Crippen LogP contribution in [0.5, 0.6) is 0 Å². The molecule has 0 rings (SSSR count). The van der Waals surface area contributed by atoms with Crippen LogP contribution in [0.4, 0.5) is 0 Å². The summed E-state index contributed by atoms with van der Waals surface area (Å²) in [6, 6.07) is 1.16. The van der Waals surface area contributed by atoms with E-state index in [-0.39, 0.29) is 12.1 Å². The van der Waals surface area contributed by atoms with Crippen molar-refractivity contribution in [2.24, 2.45) is 0 Å². The standard InChI is InChI=1S/C12H24O3Si/c1-6-12(13)15-11(2)9-7-8-10-16(4,5)14-3/h6,11H,1,7-10H2,2-5H3. The van der Waals surface area contributed by atoms with E-state index in [0.29, 0.717) is 0 Å². The number of rotatable bonds is 8. The molecule has 0 saturated carbocycles. The molecule has 0 fully saturated rings. The SMILES string of the molecule is C=CC(=O)OC(C)CCCC[Si](C)(C)OC.